The maximum Gasteiger partial charge on any atom is 0.244 e. The molecule has 2 atom stereocenters. The lowest BCUT2D eigenvalue weighted by atomic mass is 10.1. The molecule has 0 aromatic heterocycles. The number of carbonyl (C=O) groups excluding carboxylic acids is 2. The second-order valence-corrected chi connectivity index (χ2v) is 4.34. The molecule has 0 spiro atoms. The van der Waals surface area contributed by atoms with Crippen LogP contribution in [0.2, 0.25) is 0 Å². The molecule has 0 radical (unpaired) electrons. The highest BCUT2D eigenvalue weighted by Crippen LogP contribution is 2.12. The topological polar surface area (TPSA) is 84.7 Å². The monoisotopic (exact) mass is 243 g/mol. The molecule has 1 saturated heterocycles. The smallest absolute Gasteiger partial charge is 0.244 e. The molecule has 6 nitrogen and oxygen atoms in total. The van der Waals surface area contributed by atoms with Crippen LogP contribution < -0.4 is 11.1 Å². The zero-order valence-corrected chi connectivity index (χ0v) is 10.4. The molecule has 0 aromatic carbocycles. The summed E-state index contributed by atoms with van der Waals surface area (Å²) in [7, 11) is 1.56. The fourth-order valence-electron chi connectivity index (χ4n) is 1.78. The lowest BCUT2D eigenvalue weighted by Crippen LogP contribution is -2.55. The van der Waals surface area contributed by atoms with E-state index in [9.17, 15) is 9.59 Å². The van der Waals surface area contributed by atoms with E-state index in [2.05, 4.69) is 5.32 Å². The number of rotatable bonds is 4. The molecule has 6 heteroatoms. The molecular weight excluding hydrogens is 222 g/mol. The SMILES string of the molecule is CNC(=O)C1COCCN1C(=O)CC(C)CN. The Labute approximate surface area is 101 Å². The van der Waals surface area contributed by atoms with E-state index < -0.39 is 6.04 Å². The van der Waals surface area contributed by atoms with Gasteiger partial charge in [0, 0.05) is 20.0 Å². The molecule has 2 amide bonds. The lowest BCUT2D eigenvalue weighted by molar-refractivity contribution is -0.148. The van der Waals surface area contributed by atoms with Gasteiger partial charge in [0.05, 0.1) is 13.2 Å². The number of nitrogens with one attached hydrogen (secondary N) is 1. The fourth-order valence-corrected chi connectivity index (χ4v) is 1.78. The third-order valence-corrected chi connectivity index (χ3v) is 2.92. The van der Waals surface area contributed by atoms with E-state index in [4.69, 9.17) is 10.5 Å². The summed E-state index contributed by atoms with van der Waals surface area (Å²) in [5.41, 5.74) is 5.50. The summed E-state index contributed by atoms with van der Waals surface area (Å²) >= 11 is 0. The van der Waals surface area contributed by atoms with Gasteiger partial charge in [-0.05, 0) is 12.5 Å². The average molecular weight is 243 g/mol. The molecule has 2 unspecified atom stereocenters. The van der Waals surface area contributed by atoms with E-state index in [0.717, 1.165) is 0 Å². The first-order chi connectivity index (χ1) is 8.10. The van der Waals surface area contributed by atoms with Crippen LogP contribution in [0.25, 0.3) is 0 Å². The van der Waals surface area contributed by atoms with E-state index in [0.29, 0.717) is 26.1 Å². The van der Waals surface area contributed by atoms with Crippen LogP contribution in [0.3, 0.4) is 0 Å². The minimum Gasteiger partial charge on any atom is -0.377 e. The number of hydrogen-bond donors (Lipinski definition) is 2. The summed E-state index contributed by atoms with van der Waals surface area (Å²) in [6, 6.07) is -0.508. The molecule has 98 valence electrons. The standard InChI is InChI=1S/C11H21N3O3/c1-8(6-12)5-10(15)14-3-4-17-7-9(14)11(16)13-2/h8-9H,3-7,12H2,1-2H3,(H,13,16). The van der Waals surface area contributed by atoms with E-state index in [1.807, 2.05) is 6.92 Å². The molecule has 1 aliphatic rings. The summed E-state index contributed by atoms with van der Waals surface area (Å²) in [5.74, 6) is -0.0750. The Morgan fingerprint density at radius 1 is 1.59 bits per heavy atom. The predicted molar refractivity (Wildman–Crippen MR) is 63.2 cm³/mol. The number of morpholine rings is 1. The van der Waals surface area contributed by atoms with Crippen LogP contribution in [-0.4, -0.2) is 56.1 Å². The average Bonchev–Trinajstić information content (AvgIpc) is 2.37. The van der Waals surface area contributed by atoms with Crippen molar-refractivity contribution >= 4 is 11.8 Å². The molecule has 0 aromatic rings. The van der Waals surface area contributed by atoms with Crippen molar-refractivity contribution in [2.45, 2.75) is 19.4 Å². The first kappa shape index (κ1) is 13.9. The van der Waals surface area contributed by atoms with Gasteiger partial charge in [-0.3, -0.25) is 9.59 Å². The van der Waals surface area contributed by atoms with Gasteiger partial charge in [0.1, 0.15) is 6.04 Å². The molecule has 1 rings (SSSR count). The number of nitrogens with zero attached hydrogens (tertiary/aromatic N) is 1. The van der Waals surface area contributed by atoms with E-state index in [-0.39, 0.29) is 24.3 Å². The van der Waals surface area contributed by atoms with Crippen LogP contribution in [0.5, 0.6) is 0 Å². The first-order valence-electron chi connectivity index (χ1n) is 5.89. The highest BCUT2D eigenvalue weighted by Gasteiger charge is 2.32. The van der Waals surface area contributed by atoms with Gasteiger partial charge in [-0.25, -0.2) is 0 Å². The largest absolute Gasteiger partial charge is 0.377 e. The Hall–Kier alpha value is -1.14. The van der Waals surface area contributed by atoms with Crippen LogP contribution in [0.15, 0.2) is 0 Å². The zero-order valence-electron chi connectivity index (χ0n) is 10.4. The van der Waals surface area contributed by atoms with Crippen LogP contribution in [0.4, 0.5) is 0 Å². The van der Waals surface area contributed by atoms with E-state index >= 15 is 0 Å². The molecular formula is C11H21N3O3. The van der Waals surface area contributed by atoms with Crippen LogP contribution in [0.1, 0.15) is 13.3 Å². The third kappa shape index (κ3) is 3.67. The summed E-state index contributed by atoms with van der Waals surface area (Å²) in [4.78, 5) is 25.3. The van der Waals surface area contributed by atoms with Gasteiger partial charge in [0.25, 0.3) is 0 Å². The zero-order chi connectivity index (χ0) is 12.8. The summed E-state index contributed by atoms with van der Waals surface area (Å²) in [5, 5.41) is 2.55. The van der Waals surface area contributed by atoms with Gasteiger partial charge in [-0.1, -0.05) is 6.92 Å². The minimum atomic E-state index is -0.508. The Morgan fingerprint density at radius 2 is 2.29 bits per heavy atom. The summed E-state index contributed by atoms with van der Waals surface area (Å²) < 4.78 is 5.24. The second kappa shape index (κ2) is 6.56. The Morgan fingerprint density at radius 3 is 2.88 bits per heavy atom. The molecule has 3 N–H and O–H groups in total. The molecule has 1 fully saturated rings. The van der Waals surface area contributed by atoms with Crippen molar-refractivity contribution in [1.29, 1.82) is 0 Å². The van der Waals surface area contributed by atoms with Gasteiger partial charge in [0.15, 0.2) is 0 Å². The van der Waals surface area contributed by atoms with E-state index in [1.54, 1.807) is 11.9 Å². The van der Waals surface area contributed by atoms with Crippen LogP contribution >= 0.6 is 0 Å². The van der Waals surface area contributed by atoms with Crippen molar-refractivity contribution in [3.63, 3.8) is 0 Å². The second-order valence-electron chi connectivity index (χ2n) is 4.34. The molecule has 17 heavy (non-hydrogen) atoms. The van der Waals surface area contributed by atoms with Gasteiger partial charge < -0.3 is 20.7 Å². The number of ether oxygens (including phenoxy) is 1. The van der Waals surface area contributed by atoms with Gasteiger partial charge in [0.2, 0.25) is 11.8 Å². The molecule has 1 aliphatic heterocycles. The highest BCUT2D eigenvalue weighted by molar-refractivity contribution is 5.87. The Bertz CT molecular complexity index is 283. The number of likely N-dealkylation sites (N-methyl/N-ethyl adjacent to an activating group) is 1. The Kier molecular flexibility index (Phi) is 5.37. The van der Waals surface area contributed by atoms with E-state index in [1.165, 1.54) is 0 Å². The van der Waals surface area contributed by atoms with Gasteiger partial charge in [-0.15, -0.1) is 0 Å². The summed E-state index contributed by atoms with van der Waals surface area (Å²) in [6.07, 6.45) is 0.379. The van der Waals surface area contributed by atoms with Crippen molar-refractivity contribution in [1.82, 2.24) is 10.2 Å². The third-order valence-electron chi connectivity index (χ3n) is 2.92. The molecule has 0 bridgehead atoms. The van der Waals surface area contributed by atoms with Crippen LogP contribution in [0, 0.1) is 5.92 Å². The highest BCUT2D eigenvalue weighted by atomic mass is 16.5. The summed E-state index contributed by atoms with van der Waals surface area (Å²) in [6.45, 7) is 3.61. The van der Waals surface area contributed by atoms with Crippen molar-refractivity contribution in [2.24, 2.45) is 11.7 Å². The predicted octanol–water partition coefficient (Wildman–Crippen LogP) is -1.06. The molecule has 1 heterocycles. The normalized spacial score (nSPS) is 22.1. The number of amides is 2. The van der Waals surface area contributed by atoms with Crippen LogP contribution in [-0.2, 0) is 14.3 Å². The number of hydrogen-bond acceptors (Lipinski definition) is 4. The van der Waals surface area contributed by atoms with Crippen molar-refractivity contribution in [3.8, 4) is 0 Å². The number of nitrogens with two attached hydrogens (primary N) is 1. The maximum atomic E-state index is 12.0. The lowest BCUT2D eigenvalue weighted by Gasteiger charge is -2.34. The Balaban J connectivity index is 2.64. The molecule has 0 saturated carbocycles. The van der Waals surface area contributed by atoms with Crippen molar-refractivity contribution in [2.75, 3.05) is 33.4 Å². The fraction of sp³-hybridized carbons (Fsp3) is 0.818. The number of carbonyl (C=O) groups is 2. The quantitative estimate of drug-likeness (QED) is 0.659. The van der Waals surface area contributed by atoms with Crippen molar-refractivity contribution in [3.05, 3.63) is 0 Å². The maximum absolute atomic E-state index is 12.0. The van der Waals surface area contributed by atoms with Gasteiger partial charge in [-0.2, -0.15) is 0 Å². The minimum absolute atomic E-state index is 0.0279. The van der Waals surface area contributed by atoms with Crippen molar-refractivity contribution < 1.29 is 14.3 Å². The van der Waals surface area contributed by atoms with Gasteiger partial charge >= 0.3 is 0 Å². The molecule has 0 aliphatic carbocycles. The first-order valence-corrected chi connectivity index (χ1v) is 5.89.